The molecule has 0 aliphatic carbocycles. The zero-order chi connectivity index (χ0) is 21.3. The zero-order valence-corrected chi connectivity index (χ0v) is 21.6. The quantitative estimate of drug-likeness (QED) is 0.306. The first-order valence-corrected chi connectivity index (χ1v) is 12.4. The number of nitrogens with one attached hydrogen (secondary N) is 1. The van der Waals surface area contributed by atoms with E-state index in [-0.39, 0.29) is 34.2 Å². The highest BCUT2D eigenvalue weighted by Crippen LogP contribution is 2.36. The predicted molar refractivity (Wildman–Crippen MR) is 122 cm³/mol. The first-order valence-electron chi connectivity index (χ1n) is 9.29. The van der Waals surface area contributed by atoms with Gasteiger partial charge in [-0.25, -0.2) is 0 Å². The molecule has 2 aromatic rings. The highest BCUT2D eigenvalue weighted by molar-refractivity contribution is 8.00. The van der Waals surface area contributed by atoms with Gasteiger partial charge >= 0.3 is 0 Å². The lowest BCUT2D eigenvalue weighted by atomic mass is 10.1. The average Bonchev–Trinajstić information content (AvgIpc) is 3.19. The van der Waals surface area contributed by atoms with Gasteiger partial charge in [-0.3, -0.25) is 9.59 Å². The van der Waals surface area contributed by atoms with Crippen molar-refractivity contribution in [3.05, 3.63) is 64.3 Å². The standard InChI is InChI=1S/C20H18Cl3N3O2S2.BrH/c21-20(22,23)9-14-4-1-2-6-25(14)10-13-11-26-18(28)17(19(26)30-12-13)24-16(27)8-15-5-3-7-29-15;/h1-7,11,17,19H,8-10,12H2;1H/t17-,19-;/m1./s1. The van der Waals surface area contributed by atoms with Crippen LogP contribution in [0.1, 0.15) is 10.6 Å². The van der Waals surface area contributed by atoms with Gasteiger partial charge in [-0.1, -0.05) is 46.9 Å². The van der Waals surface area contributed by atoms with Crippen LogP contribution < -0.4 is 26.9 Å². The lowest BCUT2D eigenvalue weighted by Gasteiger charge is -2.47. The van der Waals surface area contributed by atoms with Crippen LogP contribution in [0.15, 0.2) is 53.7 Å². The topological polar surface area (TPSA) is 53.3 Å². The number of hydrogen-bond donors (Lipinski definition) is 1. The number of alkyl halides is 3. The smallest absolute Gasteiger partial charge is 0.253 e. The summed E-state index contributed by atoms with van der Waals surface area (Å²) in [6.45, 7) is 0.607. The second-order valence-electron chi connectivity index (χ2n) is 7.15. The number of nitrogens with zero attached hydrogens (tertiary/aromatic N) is 2. The van der Waals surface area contributed by atoms with Gasteiger partial charge in [0.15, 0.2) is 22.2 Å². The molecule has 0 saturated carbocycles. The highest BCUT2D eigenvalue weighted by Gasteiger charge is 2.49. The minimum atomic E-state index is -1.37. The van der Waals surface area contributed by atoms with E-state index in [9.17, 15) is 9.59 Å². The van der Waals surface area contributed by atoms with E-state index in [1.165, 1.54) is 11.3 Å². The van der Waals surface area contributed by atoms with E-state index in [0.29, 0.717) is 19.4 Å². The summed E-state index contributed by atoms with van der Waals surface area (Å²) in [5, 5.41) is 4.76. The average molecular weight is 584 g/mol. The van der Waals surface area contributed by atoms with Crippen molar-refractivity contribution >= 4 is 69.7 Å². The maximum absolute atomic E-state index is 12.6. The molecule has 1 fully saturated rings. The molecule has 2 aliphatic heterocycles. The van der Waals surface area contributed by atoms with Crippen LogP contribution in [0.4, 0.5) is 0 Å². The van der Waals surface area contributed by atoms with Crippen molar-refractivity contribution in [2.24, 2.45) is 0 Å². The van der Waals surface area contributed by atoms with E-state index < -0.39 is 9.83 Å². The zero-order valence-electron chi connectivity index (χ0n) is 16.1. The number of thioether (sulfide) groups is 1. The van der Waals surface area contributed by atoms with Crippen LogP contribution in [0.3, 0.4) is 0 Å². The molecule has 5 nitrogen and oxygen atoms in total. The fourth-order valence-corrected chi connectivity index (χ4v) is 5.86. The molecule has 0 radical (unpaired) electrons. The number of amides is 2. The molecule has 0 bridgehead atoms. The van der Waals surface area contributed by atoms with E-state index in [1.807, 2.05) is 52.7 Å². The van der Waals surface area contributed by atoms with Crippen molar-refractivity contribution in [1.82, 2.24) is 10.2 Å². The van der Waals surface area contributed by atoms with Crippen LogP contribution in [-0.4, -0.2) is 37.7 Å². The van der Waals surface area contributed by atoms with Crippen LogP contribution in [0, 0.1) is 0 Å². The molecule has 11 heteroatoms. The molecule has 2 aromatic heterocycles. The summed E-state index contributed by atoms with van der Waals surface area (Å²) >= 11 is 21.1. The van der Waals surface area contributed by atoms with Crippen molar-refractivity contribution in [1.29, 1.82) is 0 Å². The van der Waals surface area contributed by atoms with Crippen LogP contribution in [0.25, 0.3) is 0 Å². The SMILES string of the molecule is O=C(Cc1cccs1)N[C@@H]1C(=O)N2C=C(C[n+]3ccccc3CC(Cl)(Cl)Cl)CS[C@H]12.[Br-]. The number of aromatic nitrogens is 1. The second kappa shape index (κ2) is 10.4. The van der Waals surface area contributed by atoms with Crippen LogP contribution >= 0.6 is 57.9 Å². The van der Waals surface area contributed by atoms with Crippen molar-refractivity contribution in [3.8, 4) is 0 Å². The molecule has 2 aliphatic rings. The third-order valence-corrected chi connectivity index (χ3v) is 7.52. The molecule has 31 heavy (non-hydrogen) atoms. The van der Waals surface area contributed by atoms with Gasteiger partial charge in [0.2, 0.25) is 5.91 Å². The summed E-state index contributed by atoms with van der Waals surface area (Å²) in [5.41, 5.74) is 1.99. The molecule has 166 valence electrons. The molecule has 1 saturated heterocycles. The maximum atomic E-state index is 12.6. The minimum absolute atomic E-state index is 0. The Kier molecular flexibility index (Phi) is 8.38. The molecule has 2 atom stereocenters. The van der Waals surface area contributed by atoms with Gasteiger partial charge in [-0.2, -0.15) is 4.57 Å². The molecular formula is C20H19BrCl3N3O2S2. The molecule has 0 spiro atoms. The first-order chi connectivity index (χ1) is 14.3. The lowest BCUT2D eigenvalue weighted by molar-refractivity contribution is -0.696. The number of carbonyl (C=O) groups excluding carboxylic acids is 2. The molecule has 0 aromatic carbocycles. The number of thiophene rings is 1. The number of hydrogen-bond acceptors (Lipinski definition) is 4. The number of β-lactam (4-membered cyclic amide) rings is 1. The van der Waals surface area contributed by atoms with Gasteiger partial charge in [-0.05, 0) is 11.4 Å². The summed E-state index contributed by atoms with van der Waals surface area (Å²) in [5.74, 6) is 0.562. The van der Waals surface area contributed by atoms with Gasteiger partial charge < -0.3 is 27.2 Å². The van der Waals surface area contributed by atoms with Crippen LogP contribution in [0.2, 0.25) is 0 Å². The number of halogens is 4. The van der Waals surface area contributed by atoms with Crippen molar-refractivity contribution in [2.45, 2.75) is 34.6 Å². The van der Waals surface area contributed by atoms with E-state index in [0.717, 1.165) is 21.9 Å². The van der Waals surface area contributed by atoms with E-state index in [2.05, 4.69) is 5.32 Å². The van der Waals surface area contributed by atoms with Gasteiger partial charge in [0, 0.05) is 34.5 Å². The Labute approximate surface area is 214 Å². The Morgan fingerprint density at radius 3 is 2.77 bits per heavy atom. The normalized spacial score (nSPS) is 20.3. The van der Waals surface area contributed by atoms with Gasteiger partial charge in [0.05, 0.1) is 12.8 Å². The number of carbonyl (C=O) groups is 2. The van der Waals surface area contributed by atoms with Crippen molar-refractivity contribution in [2.75, 3.05) is 5.75 Å². The Morgan fingerprint density at radius 1 is 1.26 bits per heavy atom. The van der Waals surface area contributed by atoms with Gasteiger partial charge in [-0.15, -0.1) is 23.1 Å². The maximum Gasteiger partial charge on any atom is 0.253 e. The van der Waals surface area contributed by atoms with Crippen molar-refractivity contribution < 1.29 is 31.1 Å². The number of rotatable bonds is 6. The monoisotopic (exact) mass is 581 g/mol. The van der Waals surface area contributed by atoms with Crippen molar-refractivity contribution in [3.63, 3.8) is 0 Å². The molecular weight excluding hydrogens is 565 g/mol. The van der Waals surface area contributed by atoms with E-state index >= 15 is 0 Å². The Bertz CT molecular complexity index is 982. The Balaban J connectivity index is 0.00000272. The Morgan fingerprint density at radius 2 is 2.06 bits per heavy atom. The summed E-state index contributed by atoms with van der Waals surface area (Å²) in [4.78, 5) is 27.5. The molecule has 0 unspecified atom stereocenters. The number of fused-ring (bicyclic) bond motifs is 1. The minimum Gasteiger partial charge on any atom is -1.00 e. The molecule has 4 heterocycles. The first kappa shape index (κ1) is 24.9. The highest BCUT2D eigenvalue weighted by atomic mass is 79.9. The number of pyridine rings is 1. The third kappa shape index (κ3) is 6.18. The summed E-state index contributed by atoms with van der Waals surface area (Å²) < 4.78 is 0.658. The van der Waals surface area contributed by atoms with Crippen LogP contribution in [0.5, 0.6) is 0 Å². The summed E-state index contributed by atoms with van der Waals surface area (Å²) in [6, 6.07) is 9.12. The summed E-state index contributed by atoms with van der Waals surface area (Å²) in [6.07, 6.45) is 4.43. The Hall–Kier alpha value is -0.770. The fraction of sp³-hybridized carbons (Fsp3) is 0.350. The fourth-order valence-electron chi connectivity index (χ4n) is 3.49. The van der Waals surface area contributed by atoms with E-state index in [4.69, 9.17) is 34.8 Å². The largest absolute Gasteiger partial charge is 1.00 e. The van der Waals surface area contributed by atoms with E-state index in [1.54, 1.807) is 16.7 Å². The summed E-state index contributed by atoms with van der Waals surface area (Å²) in [7, 11) is 0. The predicted octanol–water partition coefficient (Wildman–Crippen LogP) is 0.479. The lowest BCUT2D eigenvalue weighted by Crippen LogP contribution is -3.00. The molecule has 2 amide bonds. The third-order valence-electron chi connectivity index (χ3n) is 4.86. The van der Waals surface area contributed by atoms with Crippen LogP contribution in [-0.2, 0) is 29.0 Å². The second-order valence-corrected chi connectivity index (χ2v) is 11.8. The molecule has 1 N–H and O–H groups in total. The molecule has 4 rings (SSSR count). The van der Waals surface area contributed by atoms with Gasteiger partial charge in [0.1, 0.15) is 11.4 Å². The van der Waals surface area contributed by atoms with Gasteiger partial charge in [0.25, 0.3) is 5.91 Å².